The minimum atomic E-state index is -0.319. The molecule has 0 fully saturated rings. The van der Waals surface area contributed by atoms with Crippen LogP contribution in [-0.2, 0) is 16.0 Å². The molecule has 0 spiro atoms. The molecule has 4 heteroatoms. The first-order valence-corrected chi connectivity index (χ1v) is 5.35. The average molecular weight is 233 g/mol. The van der Waals surface area contributed by atoms with Crippen LogP contribution >= 0.6 is 0 Å². The molecule has 1 aromatic carbocycles. The zero-order valence-electron chi connectivity index (χ0n) is 10.2. The first kappa shape index (κ1) is 13.0. The Hall–Kier alpha value is -2.02. The molecule has 0 aliphatic rings. The van der Waals surface area contributed by atoms with E-state index in [0.717, 1.165) is 5.56 Å². The second-order valence-electron chi connectivity index (χ2n) is 3.60. The Labute approximate surface area is 101 Å². The van der Waals surface area contributed by atoms with Gasteiger partial charge in [-0.15, -0.1) is 0 Å². The number of benzene rings is 1. The summed E-state index contributed by atoms with van der Waals surface area (Å²) in [6.07, 6.45) is 0.118. The summed E-state index contributed by atoms with van der Waals surface area (Å²) >= 11 is 0. The molecule has 0 saturated heterocycles. The topological polar surface area (TPSA) is 59.3 Å². The molecule has 0 radical (unpaired) electrons. The summed E-state index contributed by atoms with van der Waals surface area (Å²) in [5.74, 6) is 0.131. The van der Waals surface area contributed by atoms with Crippen molar-refractivity contribution in [2.45, 2.75) is 20.3 Å². The van der Waals surface area contributed by atoms with Crippen LogP contribution in [0.2, 0.25) is 0 Å². The second kappa shape index (κ2) is 5.90. The van der Waals surface area contributed by atoms with Crippen molar-refractivity contribution in [3.8, 4) is 11.8 Å². The number of nitrogens with zero attached hydrogens (tertiary/aromatic N) is 1. The molecule has 1 rings (SSSR count). The third-order valence-electron chi connectivity index (χ3n) is 2.27. The molecule has 0 heterocycles. The molecular formula is C13H15NO3. The third-order valence-corrected chi connectivity index (χ3v) is 2.27. The summed E-state index contributed by atoms with van der Waals surface area (Å²) in [6.45, 7) is 3.97. The monoisotopic (exact) mass is 233 g/mol. The molecule has 17 heavy (non-hydrogen) atoms. The number of methoxy groups -OCH3 is 1. The predicted molar refractivity (Wildman–Crippen MR) is 62.8 cm³/mol. The van der Waals surface area contributed by atoms with E-state index in [1.54, 1.807) is 13.0 Å². The van der Waals surface area contributed by atoms with Gasteiger partial charge in [-0.25, -0.2) is 0 Å². The van der Waals surface area contributed by atoms with Crippen LogP contribution in [0.15, 0.2) is 12.1 Å². The van der Waals surface area contributed by atoms with Gasteiger partial charge in [0.05, 0.1) is 25.7 Å². The number of ether oxygens (including phenoxy) is 2. The summed E-state index contributed by atoms with van der Waals surface area (Å²) in [7, 11) is 1.49. The van der Waals surface area contributed by atoms with Crippen molar-refractivity contribution in [3.05, 3.63) is 28.8 Å². The van der Waals surface area contributed by atoms with Gasteiger partial charge in [0.1, 0.15) is 11.8 Å². The van der Waals surface area contributed by atoms with Crippen molar-refractivity contribution in [2.24, 2.45) is 0 Å². The van der Waals surface area contributed by atoms with Crippen molar-refractivity contribution >= 4 is 5.97 Å². The van der Waals surface area contributed by atoms with E-state index in [1.807, 2.05) is 13.0 Å². The number of rotatable bonds is 4. The van der Waals surface area contributed by atoms with E-state index in [9.17, 15) is 4.79 Å². The number of hydrogen-bond acceptors (Lipinski definition) is 4. The zero-order valence-corrected chi connectivity index (χ0v) is 10.2. The maximum Gasteiger partial charge on any atom is 0.310 e. The fourth-order valence-electron chi connectivity index (χ4n) is 1.67. The lowest BCUT2D eigenvalue weighted by molar-refractivity contribution is -0.142. The van der Waals surface area contributed by atoms with Crippen LogP contribution in [0.4, 0.5) is 0 Å². The molecule has 0 unspecified atom stereocenters. The quantitative estimate of drug-likeness (QED) is 0.746. The summed E-state index contributed by atoms with van der Waals surface area (Å²) in [5, 5.41) is 8.99. The molecule has 0 aromatic heterocycles. The van der Waals surface area contributed by atoms with E-state index in [1.165, 1.54) is 7.11 Å². The van der Waals surface area contributed by atoms with E-state index in [4.69, 9.17) is 14.7 Å². The van der Waals surface area contributed by atoms with Crippen molar-refractivity contribution in [2.75, 3.05) is 13.7 Å². The van der Waals surface area contributed by atoms with Crippen molar-refractivity contribution in [1.82, 2.24) is 0 Å². The van der Waals surface area contributed by atoms with Gasteiger partial charge in [0, 0.05) is 5.56 Å². The van der Waals surface area contributed by atoms with E-state index in [-0.39, 0.29) is 12.4 Å². The summed E-state index contributed by atoms with van der Waals surface area (Å²) in [4.78, 5) is 11.4. The highest BCUT2D eigenvalue weighted by Gasteiger charge is 2.14. The predicted octanol–water partition coefficient (Wildman–Crippen LogP) is 1.98. The zero-order chi connectivity index (χ0) is 12.8. The molecule has 0 aliphatic carbocycles. The van der Waals surface area contributed by atoms with Crippen LogP contribution in [0.25, 0.3) is 0 Å². The Bertz CT molecular complexity index is 460. The van der Waals surface area contributed by atoms with Gasteiger partial charge >= 0.3 is 5.97 Å². The van der Waals surface area contributed by atoms with Crippen molar-refractivity contribution < 1.29 is 14.3 Å². The van der Waals surface area contributed by atoms with Crippen molar-refractivity contribution in [3.63, 3.8) is 0 Å². The normalized spacial score (nSPS) is 9.53. The van der Waals surface area contributed by atoms with Gasteiger partial charge < -0.3 is 9.47 Å². The van der Waals surface area contributed by atoms with Gasteiger partial charge in [0.25, 0.3) is 0 Å². The van der Waals surface area contributed by atoms with E-state index in [0.29, 0.717) is 23.5 Å². The molecule has 1 aromatic rings. The van der Waals surface area contributed by atoms with Crippen LogP contribution in [0.3, 0.4) is 0 Å². The number of nitriles is 1. The number of carbonyl (C=O) groups excluding carboxylic acids is 1. The maximum atomic E-state index is 11.4. The highest BCUT2D eigenvalue weighted by Crippen LogP contribution is 2.25. The van der Waals surface area contributed by atoms with Crippen molar-refractivity contribution in [1.29, 1.82) is 5.26 Å². The van der Waals surface area contributed by atoms with Gasteiger partial charge in [-0.1, -0.05) is 6.07 Å². The Morgan fingerprint density at radius 1 is 1.47 bits per heavy atom. The smallest absolute Gasteiger partial charge is 0.310 e. The summed E-state index contributed by atoms with van der Waals surface area (Å²) in [5.41, 5.74) is 2.04. The standard InChI is InChI=1S/C13H15NO3/c1-4-17-12(15)7-10-5-9(2)6-11(8-14)13(10)16-3/h5-6H,4,7H2,1-3H3. The molecular weight excluding hydrogens is 218 g/mol. The Balaban J connectivity index is 3.10. The fraction of sp³-hybridized carbons (Fsp3) is 0.385. The molecule has 0 bridgehead atoms. The second-order valence-corrected chi connectivity index (χ2v) is 3.60. The molecule has 0 aliphatic heterocycles. The number of carbonyl (C=O) groups is 1. The van der Waals surface area contributed by atoms with Gasteiger partial charge in [-0.3, -0.25) is 4.79 Å². The largest absolute Gasteiger partial charge is 0.495 e. The first-order chi connectivity index (χ1) is 8.12. The van der Waals surface area contributed by atoms with E-state index < -0.39 is 0 Å². The minimum absolute atomic E-state index is 0.118. The van der Waals surface area contributed by atoms with Crippen LogP contribution in [0, 0.1) is 18.3 Å². The lowest BCUT2D eigenvalue weighted by atomic mass is 10.0. The van der Waals surface area contributed by atoms with Crippen LogP contribution in [0.1, 0.15) is 23.6 Å². The Morgan fingerprint density at radius 3 is 2.71 bits per heavy atom. The average Bonchev–Trinajstić information content (AvgIpc) is 2.28. The Morgan fingerprint density at radius 2 is 2.18 bits per heavy atom. The van der Waals surface area contributed by atoms with Gasteiger partial charge in [-0.05, 0) is 25.5 Å². The Kier molecular flexibility index (Phi) is 4.53. The van der Waals surface area contributed by atoms with Crippen LogP contribution in [-0.4, -0.2) is 19.7 Å². The molecule has 4 nitrogen and oxygen atoms in total. The number of hydrogen-bond donors (Lipinski definition) is 0. The summed E-state index contributed by atoms with van der Waals surface area (Å²) < 4.78 is 10.1. The molecule has 90 valence electrons. The fourth-order valence-corrected chi connectivity index (χ4v) is 1.67. The highest BCUT2D eigenvalue weighted by molar-refractivity contribution is 5.74. The van der Waals surface area contributed by atoms with Gasteiger partial charge in [-0.2, -0.15) is 5.26 Å². The SMILES string of the molecule is CCOC(=O)Cc1cc(C)cc(C#N)c1OC. The lowest BCUT2D eigenvalue weighted by Crippen LogP contribution is -2.09. The van der Waals surface area contributed by atoms with Gasteiger partial charge in [0.15, 0.2) is 0 Å². The van der Waals surface area contributed by atoms with Crippen LogP contribution in [0.5, 0.6) is 5.75 Å². The highest BCUT2D eigenvalue weighted by atomic mass is 16.5. The minimum Gasteiger partial charge on any atom is -0.495 e. The molecule has 0 N–H and O–H groups in total. The van der Waals surface area contributed by atoms with E-state index in [2.05, 4.69) is 6.07 Å². The number of aryl methyl sites for hydroxylation is 1. The molecule has 0 amide bonds. The van der Waals surface area contributed by atoms with Crippen LogP contribution < -0.4 is 4.74 Å². The summed E-state index contributed by atoms with van der Waals surface area (Å²) in [6, 6.07) is 5.62. The maximum absolute atomic E-state index is 11.4. The lowest BCUT2D eigenvalue weighted by Gasteiger charge is -2.10. The molecule has 0 saturated carbocycles. The first-order valence-electron chi connectivity index (χ1n) is 5.35. The number of esters is 1. The van der Waals surface area contributed by atoms with E-state index >= 15 is 0 Å². The van der Waals surface area contributed by atoms with Gasteiger partial charge in [0.2, 0.25) is 0 Å². The molecule has 0 atom stereocenters. The third kappa shape index (κ3) is 3.22.